The first kappa shape index (κ1) is 14.3. The van der Waals surface area contributed by atoms with Crippen LogP contribution >= 0.6 is 0 Å². The normalized spacial score (nSPS) is 11.6. The fourth-order valence-electron chi connectivity index (χ4n) is 1.48. The molecule has 20 heavy (non-hydrogen) atoms. The van der Waals surface area contributed by atoms with Crippen LogP contribution in [0.3, 0.4) is 0 Å². The second-order valence-corrected chi connectivity index (χ2v) is 5.38. The maximum Gasteiger partial charge on any atom is 0.241 e. The molecule has 0 atom stereocenters. The average molecular weight is 304 g/mol. The van der Waals surface area contributed by atoms with Gasteiger partial charge in [0, 0.05) is 13.1 Å². The van der Waals surface area contributed by atoms with Crippen LogP contribution in [-0.2, 0) is 23.7 Å². The average Bonchev–Trinajstić information content (AvgIpc) is 2.72. The molecule has 1 aromatic carbocycles. The van der Waals surface area contributed by atoms with E-state index in [1.54, 1.807) is 7.05 Å². The van der Waals surface area contributed by atoms with Gasteiger partial charge in [0.25, 0.3) is 0 Å². The summed E-state index contributed by atoms with van der Waals surface area (Å²) >= 11 is 0. The molecule has 2 rings (SSSR count). The molecule has 7 nitrogen and oxygen atoms in total. The number of ether oxygens (including phenoxy) is 1. The van der Waals surface area contributed by atoms with Crippen molar-refractivity contribution in [1.82, 2.24) is 14.8 Å². The molecule has 0 amide bonds. The first-order valence-corrected chi connectivity index (χ1v) is 6.81. The minimum atomic E-state index is -4.33. The lowest BCUT2D eigenvalue weighted by molar-refractivity contribution is 0.266. The second-order valence-electron chi connectivity index (χ2n) is 3.85. The highest BCUT2D eigenvalue weighted by Crippen LogP contribution is 2.28. The zero-order valence-electron chi connectivity index (χ0n) is 10.2. The Labute approximate surface area is 113 Å². The van der Waals surface area contributed by atoms with Gasteiger partial charge in [-0.2, -0.15) is 5.10 Å². The van der Waals surface area contributed by atoms with Gasteiger partial charge in [-0.25, -0.2) is 27.3 Å². The highest BCUT2D eigenvalue weighted by Gasteiger charge is 2.21. The van der Waals surface area contributed by atoms with E-state index in [-0.39, 0.29) is 6.61 Å². The lowest BCUT2D eigenvalue weighted by Gasteiger charge is -2.11. The number of halogens is 2. The molecule has 0 fully saturated rings. The molecule has 2 N–H and O–H groups in total. The smallest absolute Gasteiger partial charge is 0.241 e. The fourth-order valence-corrected chi connectivity index (χ4v) is 2.17. The van der Waals surface area contributed by atoms with Crippen LogP contribution < -0.4 is 9.88 Å². The number of aromatic nitrogens is 3. The van der Waals surface area contributed by atoms with Gasteiger partial charge in [-0.15, -0.1) is 0 Å². The topological polar surface area (TPSA) is 100 Å². The second kappa shape index (κ2) is 5.13. The number of aryl methyl sites for hydroxylation is 1. The monoisotopic (exact) mass is 304 g/mol. The third kappa shape index (κ3) is 2.91. The molecule has 1 heterocycles. The van der Waals surface area contributed by atoms with E-state index < -0.39 is 32.3 Å². The summed E-state index contributed by atoms with van der Waals surface area (Å²) in [5.41, 5.74) is 0. The van der Waals surface area contributed by atoms with E-state index in [1.165, 1.54) is 11.0 Å². The number of benzene rings is 1. The molecule has 108 valence electrons. The number of hydrogen-bond acceptors (Lipinski definition) is 5. The van der Waals surface area contributed by atoms with E-state index in [0.717, 1.165) is 0 Å². The molecule has 0 unspecified atom stereocenters. The number of primary sulfonamides is 1. The molecule has 0 spiro atoms. The van der Waals surface area contributed by atoms with Gasteiger partial charge in [-0.1, -0.05) is 0 Å². The van der Waals surface area contributed by atoms with Gasteiger partial charge in [0.1, 0.15) is 23.6 Å². The predicted octanol–water partition coefficient (Wildman–Crippen LogP) is 0.320. The number of sulfonamides is 1. The molecular weight excluding hydrogens is 294 g/mol. The highest BCUT2D eigenvalue weighted by molar-refractivity contribution is 7.89. The molecule has 10 heteroatoms. The third-order valence-electron chi connectivity index (χ3n) is 2.43. The zero-order valence-corrected chi connectivity index (χ0v) is 11.1. The van der Waals surface area contributed by atoms with Crippen LogP contribution in [0.4, 0.5) is 8.78 Å². The summed E-state index contributed by atoms with van der Waals surface area (Å²) in [5, 5.41) is 8.67. The fraction of sp³-hybridized carbons (Fsp3) is 0.200. The summed E-state index contributed by atoms with van der Waals surface area (Å²) in [6.07, 6.45) is 1.25. The summed E-state index contributed by atoms with van der Waals surface area (Å²) in [5.74, 6) is -2.57. The standard InChI is InChI=1S/C10H10F2N4O3S/c1-16-9(14-5-15-16)4-19-10-7(12)2-6(11)3-8(10)20(13,17)18/h2-3,5H,4H2,1H3,(H2,13,17,18). The Morgan fingerprint density at radius 1 is 1.40 bits per heavy atom. The van der Waals surface area contributed by atoms with Crippen molar-refractivity contribution in [2.45, 2.75) is 11.5 Å². The van der Waals surface area contributed by atoms with Crippen molar-refractivity contribution in [1.29, 1.82) is 0 Å². The largest absolute Gasteiger partial charge is 0.481 e. The number of hydrogen-bond donors (Lipinski definition) is 1. The molecule has 0 saturated carbocycles. The van der Waals surface area contributed by atoms with Gasteiger partial charge in [-0.3, -0.25) is 4.68 Å². The Hall–Kier alpha value is -2.07. The quantitative estimate of drug-likeness (QED) is 0.876. The molecule has 0 aliphatic heterocycles. The van der Waals surface area contributed by atoms with Gasteiger partial charge in [0.15, 0.2) is 17.4 Å². The summed E-state index contributed by atoms with van der Waals surface area (Å²) < 4.78 is 55.8. The van der Waals surface area contributed by atoms with E-state index in [1.807, 2.05) is 0 Å². The van der Waals surface area contributed by atoms with Crippen LogP contribution in [0.2, 0.25) is 0 Å². The molecular formula is C10H10F2N4O3S. The van der Waals surface area contributed by atoms with Crippen molar-refractivity contribution in [3.63, 3.8) is 0 Å². The van der Waals surface area contributed by atoms with E-state index in [0.29, 0.717) is 18.0 Å². The Balaban J connectivity index is 2.38. The Morgan fingerprint density at radius 2 is 2.10 bits per heavy atom. The molecule has 0 saturated heterocycles. The molecule has 0 radical (unpaired) electrons. The van der Waals surface area contributed by atoms with Crippen LogP contribution in [0.1, 0.15) is 5.82 Å². The summed E-state index contributed by atoms with van der Waals surface area (Å²) in [7, 11) is -2.75. The van der Waals surface area contributed by atoms with Gasteiger partial charge in [0.05, 0.1) is 0 Å². The van der Waals surface area contributed by atoms with Crippen LogP contribution in [0.25, 0.3) is 0 Å². The van der Waals surface area contributed by atoms with E-state index in [2.05, 4.69) is 10.1 Å². The van der Waals surface area contributed by atoms with Crippen molar-refractivity contribution in [3.05, 3.63) is 35.9 Å². The van der Waals surface area contributed by atoms with Crippen LogP contribution in [0.15, 0.2) is 23.4 Å². The van der Waals surface area contributed by atoms with Crippen LogP contribution in [-0.4, -0.2) is 23.2 Å². The summed E-state index contributed by atoms with van der Waals surface area (Å²) in [6.45, 7) is -0.248. The van der Waals surface area contributed by atoms with Crippen LogP contribution in [0.5, 0.6) is 5.75 Å². The van der Waals surface area contributed by atoms with E-state index >= 15 is 0 Å². The lowest BCUT2D eigenvalue weighted by Crippen LogP contribution is -2.16. The Morgan fingerprint density at radius 3 is 2.65 bits per heavy atom. The van der Waals surface area contributed by atoms with E-state index in [9.17, 15) is 17.2 Å². The Bertz CT molecular complexity index is 745. The first-order valence-electron chi connectivity index (χ1n) is 5.26. The maximum absolute atomic E-state index is 13.6. The third-order valence-corrected chi connectivity index (χ3v) is 3.35. The minimum Gasteiger partial charge on any atom is -0.481 e. The van der Waals surface area contributed by atoms with Crippen molar-refractivity contribution in [2.75, 3.05) is 0 Å². The van der Waals surface area contributed by atoms with Gasteiger partial charge >= 0.3 is 0 Å². The molecule has 0 bridgehead atoms. The SMILES string of the molecule is Cn1ncnc1COc1c(F)cc(F)cc1S(N)(=O)=O. The van der Waals surface area contributed by atoms with Crippen molar-refractivity contribution < 1.29 is 21.9 Å². The number of rotatable bonds is 4. The lowest BCUT2D eigenvalue weighted by atomic mass is 10.3. The number of nitrogens with zero attached hydrogens (tertiary/aromatic N) is 3. The Kier molecular flexibility index (Phi) is 3.68. The number of nitrogens with two attached hydrogens (primary N) is 1. The van der Waals surface area contributed by atoms with Gasteiger partial charge in [0.2, 0.25) is 10.0 Å². The first-order chi connectivity index (χ1) is 9.29. The molecule has 1 aromatic heterocycles. The summed E-state index contributed by atoms with van der Waals surface area (Å²) in [6, 6.07) is 1.09. The molecule has 0 aliphatic carbocycles. The van der Waals surface area contributed by atoms with Crippen molar-refractivity contribution >= 4 is 10.0 Å². The van der Waals surface area contributed by atoms with Gasteiger partial charge < -0.3 is 4.74 Å². The summed E-state index contributed by atoms with van der Waals surface area (Å²) in [4.78, 5) is 3.05. The highest BCUT2D eigenvalue weighted by atomic mass is 32.2. The molecule has 0 aliphatic rings. The van der Waals surface area contributed by atoms with Crippen molar-refractivity contribution in [2.24, 2.45) is 12.2 Å². The zero-order chi connectivity index (χ0) is 14.9. The predicted molar refractivity (Wildman–Crippen MR) is 63.1 cm³/mol. The van der Waals surface area contributed by atoms with Crippen molar-refractivity contribution in [3.8, 4) is 5.75 Å². The minimum absolute atomic E-state index is 0.248. The van der Waals surface area contributed by atoms with Gasteiger partial charge in [-0.05, 0) is 6.07 Å². The molecule has 2 aromatic rings. The van der Waals surface area contributed by atoms with E-state index in [4.69, 9.17) is 9.88 Å². The van der Waals surface area contributed by atoms with Crippen LogP contribution in [0, 0.1) is 11.6 Å². The maximum atomic E-state index is 13.6.